The Kier molecular flexibility index (Phi) is 11.4. The Hall–Kier alpha value is -3.17. The van der Waals surface area contributed by atoms with E-state index in [1.807, 2.05) is 24.3 Å². The van der Waals surface area contributed by atoms with E-state index >= 15 is 0 Å². The molecule has 5 N–H and O–H groups in total. The summed E-state index contributed by atoms with van der Waals surface area (Å²) in [5.74, 6) is -0.771. The Morgan fingerprint density at radius 2 is 1.96 bits per heavy atom. The number of carbonyl (C=O) groups is 1. The lowest BCUT2D eigenvalue weighted by atomic mass is 10.0. The number of ether oxygens (including phenoxy) is 2. The standard InChI is InChI=1S/C30H36N8O11P2S2/c1-31-11-17-5-3-2-4-16(17)9-22(39)35-30-36-27-24(28(41)37-30)34-15-38(27)29-26-25(40)21(47-29)13-45-50(42,52)48-20-10-19(46-23-6-7-32-14-33-23)8-18(20)12-44-51(43,53)49-26/h2-7,14-15,18-21,25-26,29,31,40H,8-13H2,1H3,(H,42,52)(H,43,53)(H2,35,36,37,39,41)/t18-,19-,20+,21-,25-,26-,29-,50?,51?/m1/s1. The minimum Gasteiger partial charge on any atom is -0.474 e. The summed E-state index contributed by atoms with van der Waals surface area (Å²) in [6, 6.07) is 9.02. The maximum absolute atomic E-state index is 13.7. The number of anilines is 1. The van der Waals surface area contributed by atoms with Crippen molar-refractivity contribution in [2.75, 3.05) is 25.6 Å². The second-order valence-corrected chi connectivity index (χ2v) is 18.2. The number of aliphatic hydroxyl groups excluding tert-OH is 1. The van der Waals surface area contributed by atoms with E-state index < -0.39 is 74.3 Å². The fraction of sp³-hybridized carbons (Fsp3) is 0.467. The molecule has 1 amide bonds. The van der Waals surface area contributed by atoms with E-state index in [0.717, 1.165) is 11.1 Å². The van der Waals surface area contributed by atoms with Gasteiger partial charge in [-0.25, -0.2) is 19.5 Å². The lowest BCUT2D eigenvalue weighted by Crippen LogP contribution is -2.35. The monoisotopic (exact) mass is 810 g/mol. The first-order valence-corrected chi connectivity index (χ1v) is 21.7. The molecule has 53 heavy (non-hydrogen) atoms. The SMILES string of the molecule is CNCc1ccccc1CC(=O)Nc1nc2c(ncn2[C@@H]2O[C@@H]3COP(O)(=S)O[C@H]4C[C@H](Oc5ccncn5)C[C@@H]4COP(=O)(S)O[C@@H]2[C@@H]3O)c(=O)[nH]1. The molecule has 4 aromatic rings. The van der Waals surface area contributed by atoms with Crippen molar-refractivity contribution in [2.24, 2.45) is 5.92 Å². The summed E-state index contributed by atoms with van der Waals surface area (Å²) in [7, 11) is 1.80. The quantitative estimate of drug-likeness (QED) is 0.110. The molecule has 1 aromatic carbocycles. The number of fused-ring (bicyclic) bond motifs is 4. The van der Waals surface area contributed by atoms with Crippen LogP contribution >= 0.6 is 25.8 Å². The number of aliphatic hydroxyl groups is 1. The van der Waals surface area contributed by atoms with Gasteiger partial charge in [-0.15, -0.1) is 0 Å². The lowest BCUT2D eigenvalue weighted by Gasteiger charge is -2.27. The Morgan fingerprint density at radius 3 is 2.74 bits per heavy atom. The molecule has 5 heterocycles. The number of aromatic nitrogens is 6. The van der Waals surface area contributed by atoms with Gasteiger partial charge >= 0.3 is 13.5 Å². The highest BCUT2D eigenvalue weighted by Gasteiger charge is 2.51. The largest absolute Gasteiger partial charge is 0.474 e. The molecule has 0 spiro atoms. The molecule has 2 bridgehead atoms. The first kappa shape index (κ1) is 38.1. The molecule has 1 aliphatic carbocycles. The molecule has 3 fully saturated rings. The van der Waals surface area contributed by atoms with E-state index in [2.05, 4.69) is 47.8 Å². The van der Waals surface area contributed by atoms with Crippen molar-refractivity contribution in [2.45, 2.75) is 62.6 Å². The summed E-state index contributed by atoms with van der Waals surface area (Å²) in [6.45, 7) is -8.31. The third kappa shape index (κ3) is 8.88. The summed E-state index contributed by atoms with van der Waals surface area (Å²) in [6.07, 6.45) is -1.96. The van der Waals surface area contributed by atoms with Crippen molar-refractivity contribution in [1.82, 2.24) is 34.8 Å². The highest BCUT2D eigenvalue weighted by molar-refractivity contribution is 8.44. The second-order valence-electron chi connectivity index (χ2n) is 12.6. The maximum Gasteiger partial charge on any atom is 0.386 e. The van der Waals surface area contributed by atoms with Crippen molar-refractivity contribution in [3.05, 3.63) is 70.7 Å². The van der Waals surface area contributed by atoms with Crippen LogP contribution in [0.5, 0.6) is 5.88 Å². The number of amides is 1. The zero-order valence-electron chi connectivity index (χ0n) is 28.0. The number of imidazole rings is 1. The van der Waals surface area contributed by atoms with Gasteiger partial charge in [0.05, 0.1) is 32.1 Å². The number of rotatable bonds is 8. The van der Waals surface area contributed by atoms with Crippen LogP contribution in [0.15, 0.2) is 54.0 Å². The van der Waals surface area contributed by atoms with E-state index in [4.69, 9.17) is 39.4 Å². The average Bonchev–Trinajstić information content (AvgIpc) is 3.79. The predicted molar refractivity (Wildman–Crippen MR) is 194 cm³/mol. The van der Waals surface area contributed by atoms with Crippen LogP contribution in [0.3, 0.4) is 0 Å². The first-order valence-electron chi connectivity index (χ1n) is 16.4. The van der Waals surface area contributed by atoms with Gasteiger partial charge in [0.2, 0.25) is 17.7 Å². The number of H-pyrrole nitrogens is 1. The fourth-order valence-electron chi connectivity index (χ4n) is 6.51. The van der Waals surface area contributed by atoms with Crippen molar-refractivity contribution < 1.29 is 46.9 Å². The third-order valence-electron chi connectivity index (χ3n) is 8.92. The normalized spacial score (nSPS) is 32.0. The van der Waals surface area contributed by atoms with Gasteiger partial charge in [0.25, 0.3) is 5.56 Å². The molecule has 2 aliphatic heterocycles. The second kappa shape index (κ2) is 15.9. The summed E-state index contributed by atoms with van der Waals surface area (Å²) < 4.78 is 50.2. The fourth-order valence-corrected chi connectivity index (χ4v) is 9.52. The van der Waals surface area contributed by atoms with E-state index in [0.29, 0.717) is 18.8 Å². The van der Waals surface area contributed by atoms with E-state index in [1.54, 1.807) is 13.1 Å². The number of nitrogens with one attached hydrogen (secondary N) is 3. The Morgan fingerprint density at radius 1 is 1.15 bits per heavy atom. The maximum atomic E-state index is 13.7. The van der Waals surface area contributed by atoms with Gasteiger partial charge in [-0.1, -0.05) is 36.5 Å². The van der Waals surface area contributed by atoms with Crippen molar-refractivity contribution >= 4 is 60.6 Å². The zero-order chi connectivity index (χ0) is 37.3. The molecule has 19 nitrogen and oxygen atoms in total. The smallest absolute Gasteiger partial charge is 0.386 e. The Bertz CT molecular complexity index is 2110. The van der Waals surface area contributed by atoms with Gasteiger partial charge in [0.15, 0.2) is 17.4 Å². The van der Waals surface area contributed by atoms with Gasteiger partial charge < -0.3 is 38.4 Å². The van der Waals surface area contributed by atoms with Gasteiger partial charge in [-0.3, -0.25) is 29.0 Å². The number of hydrogen-bond acceptors (Lipinski definition) is 16. The van der Waals surface area contributed by atoms with Gasteiger partial charge in [0, 0.05) is 31.1 Å². The molecule has 7 rings (SSSR count). The molecule has 0 radical (unpaired) electrons. The minimum atomic E-state index is -4.25. The van der Waals surface area contributed by atoms with Crippen molar-refractivity contribution in [3.8, 4) is 5.88 Å². The van der Waals surface area contributed by atoms with Crippen LogP contribution < -0.4 is 20.9 Å². The molecular formula is C30H36N8O11P2S2. The summed E-state index contributed by atoms with van der Waals surface area (Å²) >= 11 is 9.53. The van der Waals surface area contributed by atoms with Crippen molar-refractivity contribution in [3.63, 3.8) is 0 Å². The molecular weight excluding hydrogens is 774 g/mol. The first-order chi connectivity index (χ1) is 25.4. The number of thiol groups is 1. The molecule has 23 heteroatoms. The number of benzene rings is 1. The lowest BCUT2D eigenvalue weighted by molar-refractivity contribution is -0.115. The number of hydrogen-bond donors (Lipinski definition) is 6. The van der Waals surface area contributed by atoms with E-state index in [-0.39, 0.29) is 36.6 Å². The van der Waals surface area contributed by atoms with Crippen LogP contribution in [-0.2, 0) is 57.0 Å². The molecule has 284 valence electrons. The summed E-state index contributed by atoms with van der Waals surface area (Å²) in [5.41, 5.74) is 0.865. The molecule has 3 aromatic heterocycles. The van der Waals surface area contributed by atoms with Crippen molar-refractivity contribution in [1.29, 1.82) is 0 Å². The zero-order valence-corrected chi connectivity index (χ0v) is 31.5. The van der Waals surface area contributed by atoms with E-state index in [1.165, 1.54) is 23.4 Å². The van der Waals surface area contributed by atoms with Gasteiger partial charge in [0.1, 0.15) is 30.7 Å². The van der Waals surface area contributed by atoms with Crippen LogP contribution in [0.25, 0.3) is 11.2 Å². The molecule has 3 aliphatic rings. The summed E-state index contributed by atoms with van der Waals surface area (Å²) in [5, 5.41) is 17.1. The number of carbonyl (C=O) groups excluding carboxylic acids is 1. The molecule has 2 saturated heterocycles. The van der Waals surface area contributed by atoms with E-state index in [9.17, 15) is 24.2 Å². The summed E-state index contributed by atoms with van der Waals surface area (Å²) in [4.78, 5) is 56.3. The Balaban J connectivity index is 1.13. The molecule has 9 atom stereocenters. The third-order valence-corrected chi connectivity index (χ3v) is 12.1. The number of nitrogens with zero attached hydrogens (tertiary/aromatic N) is 5. The highest BCUT2D eigenvalue weighted by Crippen LogP contribution is 2.58. The van der Waals surface area contributed by atoms with Crippen LogP contribution in [0.4, 0.5) is 5.95 Å². The Labute approximate surface area is 312 Å². The number of aromatic amines is 1. The van der Waals surface area contributed by atoms with Crippen LogP contribution in [0.2, 0.25) is 0 Å². The predicted octanol–water partition coefficient (Wildman–Crippen LogP) is 2.00. The van der Waals surface area contributed by atoms with Crippen LogP contribution in [0, 0.1) is 5.92 Å². The highest BCUT2D eigenvalue weighted by atomic mass is 32.7. The van der Waals surface area contributed by atoms with Crippen LogP contribution in [-0.4, -0.2) is 96.2 Å². The molecule has 1 saturated carbocycles. The van der Waals surface area contributed by atoms with Gasteiger partial charge in [-0.2, -0.15) is 4.98 Å². The topological polar surface area (TPSA) is 243 Å². The molecule has 2 unspecified atom stereocenters. The minimum absolute atomic E-state index is 0.00438. The van der Waals surface area contributed by atoms with Gasteiger partial charge in [-0.05, 0) is 36.4 Å². The average molecular weight is 811 g/mol. The van der Waals surface area contributed by atoms with Crippen LogP contribution in [0.1, 0.15) is 30.2 Å².